The molecule has 1 saturated heterocycles. The molecule has 0 unspecified atom stereocenters. The van der Waals surface area contributed by atoms with Crippen LogP contribution in [0.2, 0.25) is 0 Å². The maximum absolute atomic E-state index is 8.85. The van der Waals surface area contributed by atoms with Crippen molar-refractivity contribution in [3.63, 3.8) is 0 Å². The van der Waals surface area contributed by atoms with Crippen LogP contribution in [0.25, 0.3) is 0 Å². The Morgan fingerprint density at radius 3 is 2.85 bits per heavy atom. The number of anilines is 1. The highest BCUT2D eigenvalue weighted by atomic mass is 15.3. The van der Waals surface area contributed by atoms with Gasteiger partial charge in [-0.2, -0.15) is 5.26 Å². The third-order valence-corrected chi connectivity index (χ3v) is 3.92. The molecule has 1 N–H and O–H groups in total. The Hall–Kier alpha value is -1.64. The summed E-state index contributed by atoms with van der Waals surface area (Å²) in [5.74, 6) is 0.787. The Balaban J connectivity index is 1.73. The van der Waals surface area contributed by atoms with Crippen molar-refractivity contribution in [2.24, 2.45) is 0 Å². The summed E-state index contributed by atoms with van der Waals surface area (Å²) in [6.45, 7) is 7.79. The summed E-state index contributed by atoms with van der Waals surface area (Å²) in [5, 5.41) is 12.1. The van der Waals surface area contributed by atoms with E-state index < -0.39 is 0 Å². The molecule has 0 spiro atoms. The SMILES string of the molecule is C[C@H](CCNc1cc(C#N)ccn1)N1CCN(C)CC1. The number of nitrogens with zero attached hydrogens (tertiary/aromatic N) is 4. The van der Waals surface area contributed by atoms with Crippen molar-refractivity contribution in [2.45, 2.75) is 19.4 Å². The number of rotatable bonds is 5. The molecule has 1 aliphatic rings. The third-order valence-electron chi connectivity index (χ3n) is 3.92. The fourth-order valence-corrected chi connectivity index (χ4v) is 2.45. The molecular weight excluding hydrogens is 250 g/mol. The molecule has 20 heavy (non-hydrogen) atoms. The van der Waals surface area contributed by atoms with Crippen molar-refractivity contribution >= 4 is 5.82 Å². The second-order valence-electron chi connectivity index (χ2n) is 5.45. The minimum absolute atomic E-state index is 0.579. The van der Waals surface area contributed by atoms with E-state index in [9.17, 15) is 0 Å². The highest BCUT2D eigenvalue weighted by molar-refractivity contribution is 5.42. The zero-order valence-electron chi connectivity index (χ0n) is 12.3. The molecule has 1 aromatic heterocycles. The van der Waals surface area contributed by atoms with Gasteiger partial charge in [0.25, 0.3) is 0 Å². The average molecular weight is 273 g/mol. The summed E-state index contributed by atoms with van der Waals surface area (Å²) in [4.78, 5) is 9.14. The predicted molar refractivity (Wildman–Crippen MR) is 80.6 cm³/mol. The van der Waals surface area contributed by atoms with Gasteiger partial charge in [-0.3, -0.25) is 4.90 Å². The first-order chi connectivity index (χ1) is 9.69. The Kier molecular flexibility index (Phi) is 5.33. The highest BCUT2D eigenvalue weighted by Crippen LogP contribution is 2.10. The van der Waals surface area contributed by atoms with Gasteiger partial charge in [0.2, 0.25) is 0 Å². The molecule has 0 radical (unpaired) electrons. The van der Waals surface area contributed by atoms with Crippen LogP contribution in [-0.2, 0) is 0 Å². The molecule has 108 valence electrons. The van der Waals surface area contributed by atoms with Gasteiger partial charge < -0.3 is 10.2 Å². The van der Waals surface area contributed by atoms with Crippen molar-refractivity contribution < 1.29 is 0 Å². The van der Waals surface area contributed by atoms with Crippen molar-refractivity contribution in [3.05, 3.63) is 23.9 Å². The predicted octanol–water partition coefficient (Wildman–Crippen LogP) is 1.39. The largest absolute Gasteiger partial charge is 0.370 e. The monoisotopic (exact) mass is 273 g/mol. The van der Waals surface area contributed by atoms with Gasteiger partial charge in [-0.1, -0.05) is 0 Å². The first kappa shape index (κ1) is 14.8. The van der Waals surface area contributed by atoms with E-state index >= 15 is 0 Å². The second-order valence-corrected chi connectivity index (χ2v) is 5.45. The van der Waals surface area contributed by atoms with Crippen molar-refractivity contribution in [2.75, 3.05) is 45.1 Å². The van der Waals surface area contributed by atoms with E-state index in [0.29, 0.717) is 11.6 Å². The molecule has 2 heterocycles. The topological polar surface area (TPSA) is 55.2 Å². The van der Waals surface area contributed by atoms with Crippen LogP contribution >= 0.6 is 0 Å². The van der Waals surface area contributed by atoms with E-state index in [1.807, 2.05) is 0 Å². The van der Waals surface area contributed by atoms with Gasteiger partial charge in [0, 0.05) is 45.0 Å². The van der Waals surface area contributed by atoms with Crippen LogP contribution in [-0.4, -0.2) is 60.6 Å². The summed E-state index contributed by atoms with van der Waals surface area (Å²) >= 11 is 0. The third kappa shape index (κ3) is 4.19. The van der Waals surface area contributed by atoms with Crippen LogP contribution in [0.3, 0.4) is 0 Å². The van der Waals surface area contributed by atoms with Gasteiger partial charge >= 0.3 is 0 Å². The summed E-state index contributed by atoms with van der Waals surface area (Å²) in [7, 11) is 2.18. The zero-order chi connectivity index (χ0) is 14.4. The van der Waals surface area contributed by atoms with Crippen molar-refractivity contribution in [1.29, 1.82) is 5.26 Å². The molecule has 1 fully saturated rings. The number of aromatic nitrogens is 1. The minimum Gasteiger partial charge on any atom is -0.370 e. The number of nitriles is 1. The van der Waals surface area contributed by atoms with Gasteiger partial charge in [0.05, 0.1) is 11.6 Å². The lowest BCUT2D eigenvalue weighted by molar-refractivity contribution is 0.116. The van der Waals surface area contributed by atoms with E-state index in [-0.39, 0.29) is 0 Å². The summed E-state index contributed by atoms with van der Waals surface area (Å²) in [6.07, 6.45) is 2.76. The van der Waals surface area contributed by atoms with Gasteiger partial charge in [-0.05, 0) is 32.5 Å². The number of hydrogen-bond donors (Lipinski definition) is 1. The van der Waals surface area contributed by atoms with E-state index in [4.69, 9.17) is 5.26 Å². The smallest absolute Gasteiger partial charge is 0.127 e. The maximum Gasteiger partial charge on any atom is 0.127 e. The number of nitrogens with one attached hydrogen (secondary N) is 1. The molecule has 0 aromatic carbocycles. The van der Waals surface area contributed by atoms with Gasteiger partial charge in [0.1, 0.15) is 5.82 Å². The normalized spacial score (nSPS) is 18.4. The van der Waals surface area contributed by atoms with Crippen molar-refractivity contribution in [3.8, 4) is 6.07 Å². The molecule has 5 nitrogen and oxygen atoms in total. The number of hydrogen-bond acceptors (Lipinski definition) is 5. The van der Waals surface area contributed by atoms with Crippen LogP contribution < -0.4 is 5.32 Å². The molecule has 2 rings (SSSR count). The van der Waals surface area contributed by atoms with E-state index in [0.717, 1.165) is 45.0 Å². The molecular formula is C15H23N5. The van der Waals surface area contributed by atoms with Gasteiger partial charge in [-0.15, -0.1) is 0 Å². The van der Waals surface area contributed by atoms with Crippen LogP contribution in [0.4, 0.5) is 5.82 Å². The molecule has 5 heteroatoms. The quantitative estimate of drug-likeness (QED) is 0.878. The van der Waals surface area contributed by atoms with Gasteiger partial charge in [0.15, 0.2) is 0 Å². The van der Waals surface area contributed by atoms with E-state index in [1.54, 1.807) is 18.3 Å². The lowest BCUT2D eigenvalue weighted by Gasteiger charge is -2.36. The molecule has 0 amide bonds. The minimum atomic E-state index is 0.579. The Morgan fingerprint density at radius 2 is 2.15 bits per heavy atom. The summed E-state index contributed by atoms with van der Waals surface area (Å²) in [6, 6.07) is 6.22. The molecule has 0 bridgehead atoms. The zero-order valence-corrected chi connectivity index (χ0v) is 12.3. The molecule has 0 aliphatic carbocycles. The molecule has 1 aromatic rings. The molecule has 0 saturated carbocycles. The average Bonchev–Trinajstić information content (AvgIpc) is 2.48. The highest BCUT2D eigenvalue weighted by Gasteiger charge is 2.18. The molecule has 1 aliphatic heterocycles. The van der Waals surface area contributed by atoms with Crippen LogP contribution in [0, 0.1) is 11.3 Å². The Morgan fingerprint density at radius 1 is 1.40 bits per heavy atom. The van der Waals surface area contributed by atoms with E-state index in [2.05, 4.69) is 40.1 Å². The fourth-order valence-electron chi connectivity index (χ4n) is 2.45. The fraction of sp³-hybridized carbons (Fsp3) is 0.600. The van der Waals surface area contributed by atoms with Crippen LogP contribution in [0.5, 0.6) is 0 Å². The second kappa shape index (κ2) is 7.22. The van der Waals surface area contributed by atoms with Crippen LogP contribution in [0.15, 0.2) is 18.3 Å². The number of piperazine rings is 1. The van der Waals surface area contributed by atoms with Gasteiger partial charge in [-0.25, -0.2) is 4.98 Å². The lowest BCUT2D eigenvalue weighted by Crippen LogP contribution is -2.48. The Labute approximate surface area is 121 Å². The summed E-state index contributed by atoms with van der Waals surface area (Å²) in [5.41, 5.74) is 0.648. The first-order valence-corrected chi connectivity index (χ1v) is 7.21. The number of pyridine rings is 1. The first-order valence-electron chi connectivity index (χ1n) is 7.21. The number of likely N-dealkylation sites (N-methyl/N-ethyl adjacent to an activating group) is 1. The maximum atomic E-state index is 8.85. The lowest BCUT2D eigenvalue weighted by atomic mass is 10.1. The van der Waals surface area contributed by atoms with Crippen molar-refractivity contribution in [1.82, 2.24) is 14.8 Å². The van der Waals surface area contributed by atoms with Crippen LogP contribution in [0.1, 0.15) is 18.9 Å². The summed E-state index contributed by atoms with van der Waals surface area (Å²) < 4.78 is 0. The van der Waals surface area contributed by atoms with E-state index in [1.165, 1.54) is 0 Å². The molecule has 1 atom stereocenters. The Bertz CT molecular complexity index is 460. The standard InChI is InChI=1S/C15H23N5/c1-13(20-9-7-19(2)8-10-20)3-5-17-15-11-14(12-16)4-6-18-15/h4,6,11,13H,3,5,7-10H2,1-2H3,(H,17,18)/t13-/m1/s1.